The Hall–Kier alpha value is -2.38. The Bertz CT molecular complexity index is 1010. The number of nitrogens with one attached hydrogen (secondary N) is 1. The highest BCUT2D eigenvalue weighted by molar-refractivity contribution is 7.89. The summed E-state index contributed by atoms with van der Waals surface area (Å²) < 4.78 is 27.2. The van der Waals surface area contributed by atoms with E-state index in [-0.39, 0.29) is 23.3 Å². The van der Waals surface area contributed by atoms with Crippen molar-refractivity contribution in [2.75, 3.05) is 31.1 Å². The number of hydrogen-bond acceptors (Lipinski definition) is 4. The van der Waals surface area contributed by atoms with Crippen molar-refractivity contribution in [2.45, 2.75) is 43.5 Å². The topological polar surface area (TPSA) is 69.7 Å². The molecule has 1 saturated heterocycles. The van der Waals surface area contributed by atoms with E-state index in [0.29, 0.717) is 25.6 Å². The number of nitrogens with zero attached hydrogens (tertiary/aromatic N) is 2. The average molecular weight is 442 g/mol. The molecule has 1 amide bonds. The van der Waals surface area contributed by atoms with Crippen molar-refractivity contribution in [3.63, 3.8) is 0 Å². The lowest BCUT2D eigenvalue weighted by Crippen LogP contribution is -2.45. The molecule has 0 aromatic heterocycles. The fraction of sp³-hybridized carbons (Fsp3) is 0.458. The maximum Gasteiger partial charge on any atom is 0.243 e. The van der Waals surface area contributed by atoms with E-state index < -0.39 is 10.0 Å². The van der Waals surface area contributed by atoms with Crippen molar-refractivity contribution in [1.82, 2.24) is 9.62 Å². The Morgan fingerprint density at radius 3 is 2.65 bits per heavy atom. The molecule has 0 bridgehead atoms. The van der Waals surface area contributed by atoms with Gasteiger partial charge in [-0.1, -0.05) is 36.4 Å². The first-order valence-corrected chi connectivity index (χ1v) is 12.6. The van der Waals surface area contributed by atoms with Crippen LogP contribution in [0.15, 0.2) is 59.5 Å². The summed E-state index contributed by atoms with van der Waals surface area (Å²) in [5.74, 6) is -0.332. The Morgan fingerprint density at radius 1 is 1.10 bits per heavy atom. The molecule has 0 radical (unpaired) electrons. The van der Waals surface area contributed by atoms with Crippen molar-refractivity contribution >= 4 is 21.6 Å². The summed E-state index contributed by atoms with van der Waals surface area (Å²) in [7, 11) is -3.55. The van der Waals surface area contributed by atoms with Gasteiger partial charge in [-0.2, -0.15) is 4.31 Å². The van der Waals surface area contributed by atoms with E-state index in [1.165, 1.54) is 15.6 Å². The number of rotatable bonds is 7. The number of piperidine rings is 1. The van der Waals surface area contributed by atoms with E-state index in [1.807, 2.05) is 0 Å². The summed E-state index contributed by atoms with van der Waals surface area (Å²) in [4.78, 5) is 15.4. The zero-order valence-electron chi connectivity index (χ0n) is 18.0. The highest BCUT2D eigenvalue weighted by atomic mass is 32.2. The number of amides is 1. The molecule has 0 aliphatic carbocycles. The predicted octanol–water partition coefficient (Wildman–Crippen LogP) is 3.04. The van der Waals surface area contributed by atoms with E-state index in [2.05, 4.69) is 41.4 Å². The average Bonchev–Trinajstić information content (AvgIpc) is 3.12. The number of carbonyl (C=O) groups is 1. The van der Waals surface area contributed by atoms with Crippen LogP contribution in [-0.2, 0) is 21.2 Å². The van der Waals surface area contributed by atoms with Gasteiger partial charge >= 0.3 is 0 Å². The Morgan fingerprint density at radius 2 is 1.84 bits per heavy atom. The maximum absolute atomic E-state index is 12.9. The number of fused-ring (bicyclic) bond motifs is 1. The van der Waals surface area contributed by atoms with Gasteiger partial charge in [-0.05, 0) is 56.4 Å². The molecule has 2 aliphatic heterocycles. The molecule has 7 heteroatoms. The second kappa shape index (κ2) is 9.40. The molecule has 2 heterocycles. The lowest BCUT2D eigenvalue weighted by atomic mass is 9.99. The van der Waals surface area contributed by atoms with Crippen molar-refractivity contribution < 1.29 is 13.2 Å². The summed E-state index contributed by atoms with van der Waals surface area (Å²) in [5, 5.41) is 3.04. The Kier molecular flexibility index (Phi) is 6.62. The monoisotopic (exact) mass is 441 g/mol. The first-order chi connectivity index (χ1) is 15.0. The third-order valence-corrected chi connectivity index (χ3v) is 8.24. The van der Waals surface area contributed by atoms with Crippen LogP contribution in [-0.4, -0.2) is 50.9 Å². The maximum atomic E-state index is 12.9. The van der Waals surface area contributed by atoms with Gasteiger partial charge in [0.15, 0.2) is 0 Å². The van der Waals surface area contributed by atoms with E-state index >= 15 is 0 Å². The van der Waals surface area contributed by atoms with Crippen LogP contribution in [0.1, 0.15) is 31.7 Å². The number of hydrogen-bond donors (Lipinski definition) is 1. The van der Waals surface area contributed by atoms with Crippen LogP contribution in [0.5, 0.6) is 0 Å². The largest absolute Gasteiger partial charge is 0.368 e. The minimum atomic E-state index is -3.55. The number of sulfonamides is 1. The molecule has 166 valence electrons. The summed E-state index contributed by atoms with van der Waals surface area (Å²) >= 11 is 0. The first-order valence-electron chi connectivity index (χ1n) is 11.1. The predicted molar refractivity (Wildman–Crippen MR) is 123 cm³/mol. The van der Waals surface area contributed by atoms with Crippen LogP contribution in [0, 0.1) is 5.92 Å². The van der Waals surface area contributed by atoms with Gasteiger partial charge < -0.3 is 10.2 Å². The molecule has 0 unspecified atom stereocenters. The normalized spacial score (nSPS) is 21.6. The molecule has 1 fully saturated rings. The van der Waals surface area contributed by atoms with Crippen molar-refractivity contribution in [3.05, 3.63) is 60.2 Å². The van der Waals surface area contributed by atoms with E-state index in [1.54, 1.807) is 30.3 Å². The van der Waals surface area contributed by atoms with Crippen LogP contribution in [0.4, 0.5) is 5.69 Å². The number of benzene rings is 2. The molecule has 2 aliphatic rings. The minimum absolute atomic E-state index is 0.0390. The van der Waals surface area contributed by atoms with Crippen LogP contribution in [0.3, 0.4) is 0 Å². The van der Waals surface area contributed by atoms with E-state index in [0.717, 1.165) is 25.8 Å². The standard InChI is InChI=1S/C24H31N3O3S/c1-19-17-20-9-5-6-13-23(20)27(19)16-8-14-25-24(28)21-10-7-15-26(18-21)31(29,30)22-11-3-2-4-12-22/h2-6,9,11-13,19,21H,7-8,10,14-18H2,1H3,(H,25,28)/t19-,21-/m0/s1. The van der Waals surface area contributed by atoms with E-state index in [9.17, 15) is 13.2 Å². The SMILES string of the molecule is C[C@H]1Cc2ccccc2N1CCCNC(=O)[C@H]1CCCN(S(=O)(=O)c2ccccc2)C1. The molecular formula is C24H31N3O3S. The fourth-order valence-electron chi connectivity index (χ4n) is 4.69. The third-order valence-electron chi connectivity index (χ3n) is 6.36. The minimum Gasteiger partial charge on any atom is -0.368 e. The van der Waals surface area contributed by atoms with Gasteiger partial charge in [0.1, 0.15) is 0 Å². The molecule has 31 heavy (non-hydrogen) atoms. The molecular weight excluding hydrogens is 410 g/mol. The van der Waals surface area contributed by atoms with Crippen LogP contribution < -0.4 is 10.2 Å². The lowest BCUT2D eigenvalue weighted by molar-refractivity contribution is -0.126. The Balaban J connectivity index is 1.27. The molecule has 2 aromatic rings. The highest BCUT2D eigenvalue weighted by Gasteiger charge is 2.33. The number of anilines is 1. The smallest absolute Gasteiger partial charge is 0.243 e. The van der Waals surface area contributed by atoms with Gasteiger partial charge in [-0.25, -0.2) is 8.42 Å². The van der Waals surface area contributed by atoms with Crippen LogP contribution >= 0.6 is 0 Å². The van der Waals surface area contributed by atoms with Gasteiger partial charge in [-0.3, -0.25) is 4.79 Å². The van der Waals surface area contributed by atoms with Gasteiger partial charge in [0.05, 0.1) is 10.8 Å². The summed E-state index contributed by atoms with van der Waals surface area (Å²) in [6, 6.07) is 17.4. The second-order valence-corrected chi connectivity index (χ2v) is 10.5. The summed E-state index contributed by atoms with van der Waals surface area (Å²) in [5.41, 5.74) is 2.69. The van der Waals surface area contributed by atoms with E-state index in [4.69, 9.17) is 0 Å². The fourth-order valence-corrected chi connectivity index (χ4v) is 6.24. The molecule has 1 N–H and O–H groups in total. The number of para-hydroxylation sites is 1. The molecule has 4 rings (SSSR count). The van der Waals surface area contributed by atoms with Crippen molar-refractivity contribution in [2.24, 2.45) is 5.92 Å². The molecule has 2 atom stereocenters. The van der Waals surface area contributed by atoms with Crippen molar-refractivity contribution in [3.8, 4) is 0 Å². The van der Waals surface area contributed by atoms with Crippen LogP contribution in [0.25, 0.3) is 0 Å². The van der Waals surface area contributed by atoms with Crippen molar-refractivity contribution in [1.29, 1.82) is 0 Å². The summed E-state index contributed by atoms with van der Waals surface area (Å²) in [6.07, 6.45) is 3.36. The van der Waals surface area contributed by atoms with Crippen LogP contribution in [0.2, 0.25) is 0 Å². The number of carbonyl (C=O) groups excluding carboxylic acids is 1. The lowest BCUT2D eigenvalue weighted by Gasteiger charge is -2.31. The Labute approximate surface area is 185 Å². The van der Waals surface area contributed by atoms with Gasteiger partial charge in [0.25, 0.3) is 0 Å². The molecule has 6 nitrogen and oxygen atoms in total. The third kappa shape index (κ3) is 4.77. The first kappa shape index (κ1) is 21.8. The van der Waals surface area contributed by atoms with Gasteiger partial charge in [0.2, 0.25) is 15.9 Å². The van der Waals surface area contributed by atoms with Gasteiger partial charge in [-0.15, -0.1) is 0 Å². The quantitative estimate of drug-likeness (QED) is 0.671. The highest BCUT2D eigenvalue weighted by Crippen LogP contribution is 2.31. The van der Waals surface area contributed by atoms with Gasteiger partial charge in [0, 0.05) is 37.9 Å². The zero-order chi connectivity index (χ0) is 21.8. The molecule has 0 saturated carbocycles. The second-order valence-electron chi connectivity index (χ2n) is 8.54. The zero-order valence-corrected chi connectivity index (χ0v) is 18.9. The molecule has 2 aromatic carbocycles. The summed E-state index contributed by atoms with van der Waals surface area (Å²) in [6.45, 7) is 4.46. The molecule has 0 spiro atoms.